The van der Waals surface area contributed by atoms with Crippen LogP contribution in [-0.4, -0.2) is 24.5 Å². The molecule has 1 fully saturated rings. The molecule has 0 atom stereocenters. The molecule has 3 aromatic rings. The Labute approximate surface area is 170 Å². The van der Waals surface area contributed by atoms with E-state index < -0.39 is 0 Å². The van der Waals surface area contributed by atoms with E-state index in [1.54, 1.807) is 18.2 Å². The van der Waals surface area contributed by atoms with Gasteiger partial charge in [0.2, 0.25) is 5.91 Å². The number of hydrogen-bond acceptors (Lipinski definition) is 3. The van der Waals surface area contributed by atoms with Crippen LogP contribution in [0.1, 0.15) is 36.0 Å². The Morgan fingerprint density at radius 1 is 0.931 bits per heavy atom. The second-order valence-corrected chi connectivity index (χ2v) is 7.27. The third-order valence-electron chi connectivity index (χ3n) is 4.91. The number of rotatable bonds is 8. The van der Waals surface area contributed by atoms with Gasteiger partial charge in [-0.3, -0.25) is 9.59 Å². The van der Waals surface area contributed by atoms with Gasteiger partial charge in [-0.1, -0.05) is 48.5 Å². The molecular formula is C24H24N2O3. The molecule has 1 saturated carbocycles. The molecule has 0 spiro atoms. The van der Waals surface area contributed by atoms with Gasteiger partial charge in [0.15, 0.2) is 0 Å². The van der Waals surface area contributed by atoms with Crippen LogP contribution in [0.3, 0.4) is 0 Å². The first kappa shape index (κ1) is 19.0. The minimum Gasteiger partial charge on any atom is -0.493 e. The van der Waals surface area contributed by atoms with Crippen LogP contribution in [0.25, 0.3) is 10.8 Å². The van der Waals surface area contributed by atoms with Gasteiger partial charge in [-0.05, 0) is 42.8 Å². The fraction of sp³-hybridized carbons (Fsp3) is 0.250. The molecule has 3 aromatic carbocycles. The standard InChI is InChI=1S/C24H24N2O3/c27-23(26-21-11-4-3-10-20(21)24(28)25-18-14-15-18)13-6-16-29-22-12-5-8-17-7-1-2-9-19(17)22/h1-5,7-12,18H,6,13-16H2,(H,25,28)(H,26,27). The van der Waals surface area contributed by atoms with E-state index in [9.17, 15) is 9.59 Å². The number of hydrogen-bond donors (Lipinski definition) is 2. The Hall–Kier alpha value is -3.34. The van der Waals surface area contributed by atoms with Gasteiger partial charge in [-0.25, -0.2) is 0 Å². The summed E-state index contributed by atoms with van der Waals surface area (Å²) >= 11 is 0. The van der Waals surface area contributed by atoms with Gasteiger partial charge in [0, 0.05) is 17.8 Å². The lowest BCUT2D eigenvalue weighted by Crippen LogP contribution is -2.27. The zero-order valence-electron chi connectivity index (χ0n) is 16.2. The maximum Gasteiger partial charge on any atom is 0.253 e. The Balaban J connectivity index is 1.29. The Bertz CT molecular complexity index is 1020. The van der Waals surface area contributed by atoms with Crippen LogP contribution >= 0.6 is 0 Å². The number of fused-ring (bicyclic) bond motifs is 1. The predicted octanol–water partition coefficient (Wildman–Crippen LogP) is 4.53. The second-order valence-electron chi connectivity index (χ2n) is 7.27. The molecule has 0 aromatic heterocycles. The summed E-state index contributed by atoms with van der Waals surface area (Å²) in [7, 11) is 0. The lowest BCUT2D eigenvalue weighted by Gasteiger charge is -2.12. The molecule has 0 bridgehead atoms. The van der Waals surface area contributed by atoms with Crippen molar-refractivity contribution >= 4 is 28.3 Å². The van der Waals surface area contributed by atoms with Crippen molar-refractivity contribution in [2.75, 3.05) is 11.9 Å². The van der Waals surface area contributed by atoms with E-state index in [1.807, 2.05) is 48.5 Å². The molecule has 2 amide bonds. The molecule has 4 rings (SSSR count). The molecule has 0 radical (unpaired) electrons. The first-order valence-electron chi connectivity index (χ1n) is 10.0. The maximum absolute atomic E-state index is 12.3. The molecule has 0 saturated heterocycles. The van der Waals surface area contributed by atoms with Crippen molar-refractivity contribution in [3.05, 3.63) is 72.3 Å². The molecule has 1 aliphatic rings. The summed E-state index contributed by atoms with van der Waals surface area (Å²) in [4.78, 5) is 24.7. The SMILES string of the molecule is O=C(CCCOc1cccc2ccccc12)Nc1ccccc1C(=O)NC1CC1. The van der Waals surface area contributed by atoms with Gasteiger partial charge in [-0.2, -0.15) is 0 Å². The summed E-state index contributed by atoms with van der Waals surface area (Å²) in [6, 6.07) is 21.4. The van der Waals surface area contributed by atoms with E-state index in [0.29, 0.717) is 30.7 Å². The van der Waals surface area contributed by atoms with Crippen LogP contribution in [0.5, 0.6) is 5.75 Å². The summed E-state index contributed by atoms with van der Waals surface area (Å²) in [6.45, 7) is 0.450. The number of ether oxygens (including phenoxy) is 1. The van der Waals surface area contributed by atoms with Crippen LogP contribution < -0.4 is 15.4 Å². The van der Waals surface area contributed by atoms with E-state index in [4.69, 9.17) is 4.74 Å². The topological polar surface area (TPSA) is 67.4 Å². The van der Waals surface area contributed by atoms with Crippen LogP contribution in [0.15, 0.2) is 66.7 Å². The summed E-state index contributed by atoms with van der Waals surface area (Å²) < 4.78 is 5.89. The summed E-state index contributed by atoms with van der Waals surface area (Å²) in [6.07, 6.45) is 2.96. The molecule has 0 aliphatic heterocycles. The summed E-state index contributed by atoms with van der Waals surface area (Å²) in [5.74, 6) is 0.562. The second kappa shape index (κ2) is 8.78. The highest BCUT2D eigenvalue weighted by Crippen LogP contribution is 2.25. The summed E-state index contributed by atoms with van der Waals surface area (Å²) in [5.41, 5.74) is 1.05. The van der Waals surface area contributed by atoms with Crippen LogP contribution in [0.4, 0.5) is 5.69 Å². The molecule has 5 heteroatoms. The van der Waals surface area contributed by atoms with Gasteiger partial charge in [0.1, 0.15) is 5.75 Å². The number of amides is 2. The first-order valence-corrected chi connectivity index (χ1v) is 10.0. The Morgan fingerprint density at radius 2 is 1.69 bits per heavy atom. The molecular weight excluding hydrogens is 364 g/mol. The number of benzene rings is 3. The zero-order valence-corrected chi connectivity index (χ0v) is 16.2. The van der Waals surface area contributed by atoms with Crippen molar-refractivity contribution in [2.45, 2.75) is 31.7 Å². The number of carbonyl (C=O) groups excluding carboxylic acids is 2. The molecule has 5 nitrogen and oxygen atoms in total. The van der Waals surface area contributed by atoms with E-state index in [2.05, 4.69) is 10.6 Å². The normalized spacial score (nSPS) is 13.1. The quantitative estimate of drug-likeness (QED) is 0.557. The van der Waals surface area contributed by atoms with Crippen molar-refractivity contribution in [1.82, 2.24) is 5.32 Å². The lowest BCUT2D eigenvalue weighted by molar-refractivity contribution is -0.116. The average Bonchev–Trinajstić information content (AvgIpc) is 3.55. The smallest absolute Gasteiger partial charge is 0.253 e. The molecule has 0 heterocycles. The van der Waals surface area contributed by atoms with Gasteiger partial charge in [0.25, 0.3) is 5.91 Å². The van der Waals surface area contributed by atoms with Crippen molar-refractivity contribution in [3.63, 3.8) is 0 Å². The zero-order chi connectivity index (χ0) is 20.1. The molecule has 148 valence electrons. The monoisotopic (exact) mass is 388 g/mol. The van der Waals surface area contributed by atoms with Gasteiger partial charge >= 0.3 is 0 Å². The number of anilines is 1. The minimum atomic E-state index is -0.136. The van der Waals surface area contributed by atoms with Crippen LogP contribution in [-0.2, 0) is 4.79 Å². The van der Waals surface area contributed by atoms with Crippen LogP contribution in [0, 0.1) is 0 Å². The highest BCUT2D eigenvalue weighted by atomic mass is 16.5. The number of nitrogens with one attached hydrogen (secondary N) is 2. The largest absolute Gasteiger partial charge is 0.493 e. The number of para-hydroxylation sites is 1. The van der Waals surface area contributed by atoms with E-state index in [-0.39, 0.29) is 17.9 Å². The predicted molar refractivity (Wildman–Crippen MR) is 114 cm³/mol. The average molecular weight is 388 g/mol. The lowest BCUT2D eigenvalue weighted by atomic mass is 10.1. The summed E-state index contributed by atoms with van der Waals surface area (Å²) in [5, 5.41) is 8.01. The maximum atomic E-state index is 12.3. The van der Waals surface area contributed by atoms with E-state index in [0.717, 1.165) is 29.4 Å². The Morgan fingerprint density at radius 3 is 2.55 bits per heavy atom. The molecule has 1 aliphatic carbocycles. The van der Waals surface area contributed by atoms with Crippen molar-refractivity contribution in [2.24, 2.45) is 0 Å². The van der Waals surface area contributed by atoms with Crippen LogP contribution in [0.2, 0.25) is 0 Å². The third-order valence-corrected chi connectivity index (χ3v) is 4.91. The number of carbonyl (C=O) groups is 2. The van der Waals surface area contributed by atoms with Crippen molar-refractivity contribution in [3.8, 4) is 5.75 Å². The Kier molecular flexibility index (Phi) is 5.75. The van der Waals surface area contributed by atoms with Gasteiger partial charge in [-0.15, -0.1) is 0 Å². The van der Waals surface area contributed by atoms with E-state index >= 15 is 0 Å². The minimum absolute atomic E-state index is 0.127. The van der Waals surface area contributed by atoms with Gasteiger partial charge < -0.3 is 15.4 Å². The fourth-order valence-corrected chi connectivity index (χ4v) is 3.23. The molecule has 0 unspecified atom stereocenters. The highest BCUT2D eigenvalue weighted by Gasteiger charge is 2.24. The third kappa shape index (κ3) is 4.93. The van der Waals surface area contributed by atoms with Crippen molar-refractivity contribution < 1.29 is 14.3 Å². The molecule has 29 heavy (non-hydrogen) atoms. The first-order chi connectivity index (χ1) is 14.2. The van der Waals surface area contributed by atoms with Gasteiger partial charge in [0.05, 0.1) is 17.9 Å². The molecule has 2 N–H and O–H groups in total. The van der Waals surface area contributed by atoms with E-state index in [1.165, 1.54) is 0 Å². The fourth-order valence-electron chi connectivity index (χ4n) is 3.23. The van der Waals surface area contributed by atoms with Crippen molar-refractivity contribution in [1.29, 1.82) is 0 Å². The highest BCUT2D eigenvalue weighted by molar-refractivity contribution is 6.03.